The Morgan fingerprint density at radius 2 is 2.18 bits per heavy atom. The molecule has 1 fully saturated rings. The topological polar surface area (TPSA) is 29.5 Å². The minimum absolute atomic E-state index is 0.0649. The first kappa shape index (κ1) is 15.0. The van der Waals surface area contributed by atoms with E-state index in [4.69, 9.17) is 4.74 Å². The van der Waals surface area contributed by atoms with Gasteiger partial charge in [-0.05, 0) is 35.8 Å². The maximum Gasteiger partial charge on any atom is 0.248 e. The monoisotopic (exact) mass is 307 g/mol. The van der Waals surface area contributed by atoms with E-state index in [1.807, 2.05) is 18.2 Å². The van der Waals surface area contributed by atoms with Crippen LogP contribution in [-0.4, -0.2) is 29.9 Å². The van der Waals surface area contributed by atoms with Crippen molar-refractivity contribution in [2.75, 3.05) is 13.2 Å². The molecule has 0 bridgehead atoms. The average Bonchev–Trinajstić information content (AvgIpc) is 2.49. The highest BCUT2D eigenvalue weighted by atomic mass is 19.3. The first-order valence-corrected chi connectivity index (χ1v) is 7.50. The third-order valence-corrected chi connectivity index (χ3v) is 4.34. The van der Waals surface area contributed by atoms with Gasteiger partial charge < -0.3 is 9.64 Å². The Balaban J connectivity index is 1.61. The second-order valence-electron chi connectivity index (χ2n) is 6.09. The molecule has 22 heavy (non-hydrogen) atoms. The molecule has 0 radical (unpaired) electrons. The quantitative estimate of drug-likeness (QED) is 0.800. The van der Waals surface area contributed by atoms with Gasteiger partial charge in [-0.15, -0.1) is 0 Å². The van der Waals surface area contributed by atoms with Crippen LogP contribution in [-0.2, 0) is 17.8 Å². The summed E-state index contributed by atoms with van der Waals surface area (Å²) < 4.78 is 31.2. The van der Waals surface area contributed by atoms with E-state index in [0.717, 1.165) is 12.0 Å². The van der Waals surface area contributed by atoms with Gasteiger partial charge in [0.1, 0.15) is 5.75 Å². The van der Waals surface area contributed by atoms with Crippen LogP contribution in [0.3, 0.4) is 0 Å². The molecular weight excluding hydrogens is 288 g/mol. The summed E-state index contributed by atoms with van der Waals surface area (Å²) in [7, 11) is 0. The van der Waals surface area contributed by atoms with Crippen LogP contribution in [0.5, 0.6) is 5.75 Å². The molecule has 0 N–H and O–H groups in total. The number of hydrogen-bond donors (Lipinski definition) is 0. The predicted molar refractivity (Wildman–Crippen MR) is 78.9 cm³/mol. The third kappa shape index (κ3) is 3.13. The SMILES string of the molecule is C=CC(=O)N1CCc2ccc(OCC3CC(F)(F)C3)cc2C1. The van der Waals surface area contributed by atoms with Gasteiger partial charge in [0.05, 0.1) is 6.61 Å². The van der Waals surface area contributed by atoms with Gasteiger partial charge in [-0.3, -0.25) is 4.79 Å². The van der Waals surface area contributed by atoms with E-state index in [1.165, 1.54) is 11.6 Å². The zero-order valence-corrected chi connectivity index (χ0v) is 12.4. The van der Waals surface area contributed by atoms with E-state index in [9.17, 15) is 13.6 Å². The Labute approximate surface area is 128 Å². The molecule has 1 aromatic rings. The first-order chi connectivity index (χ1) is 10.5. The molecule has 118 valence electrons. The van der Waals surface area contributed by atoms with E-state index >= 15 is 0 Å². The lowest BCUT2D eigenvalue weighted by Gasteiger charge is -2.34. The Kier molecular flexibility index (Phi) is 3.89. The summed E-state index contributed by atoms with van der Waals surface area (Å²) in [6.45, 7) is 5.06. The number of ether oxygens (including phenoxy) is 1. The number of halogens is 2. The van der Waals surface area contributed by atoms with Gasteiger partial charge in [0.25, 0.3) is 0 Å². The lowest BCUT2D eigenvalue weighted by atomic mass is 9.82. The highest BCUT2D eigenvalue weighted by Gasteiger charge is 2.45. The smallest absolute Gasteiger partial charge is 0.248 e. The number of hydrogen-bond acceptors (Lipinski definition) is 2. The van der Waals surface area contributed by atoms with E-state index in [-0.39, 0.29) is 24.7 Å². The summed E-state index contributed by atoms with van der Waals surface area (Å²) in [6.07, 6.45) is 1.96. The second-order valence-corrected chi connectivity index (χ2v) is 6.09. The lowest BCUT2D eigenvalue weighted by molar-refractivity contribution is -0.126. The minimum atomic E-state index is -2.50. The summed E-state index contributed by atoms with van der Waals surface area (Å²) in [4.78, 5) is 13.4. The molecule has 0 aromatic heterocycles. The highest BCUT2D eigenvalue weighted by molar-refractivity contribution is 5.87. The molecule has 1 aliphatic carbocycles. The summed E-state index contributed by atoms with van der Waals surface area (Å²) >= 11 is 0. The van der Waals surface area contributed by atoms with Gasteiger partial charge in [-0.2, -0.15) is 0 Å². The average molecular weight is 307 g/mol. The number of alkyl halides is 2. The van der Waals surface area contributed by atoms with E-state index in [1.54, 1.807) is 4.90 Å². The Bertz CT molecular complexity index is 592. The van der Waals surface area contributed by atoms with E-state index in [2.05, 4.69) is 6.58 Å². The Morgan fingerprint density at radius 1 is 1.41 bits per heavy atom. The number of rotatable bonds is 4. The fourth-order valence-corrected chi connectivity index (χ4v) is 3.06. The molecule has 1 saturated carbocycles. The third-order valence-electron chi connectivity index (χ3n) is 4.34. The molecule has 5 heteroatoms. The fourth-order valence-electron chi connectivity index (χ4n) is 3.06. The maximum atomic E-state index is 12.8. The molecule has 0 saturated heterocycles. The zero-order chi connectivity index (χ0) is 15.7. The standard InChI is InChI=1S/C17H19F2NO2/c1-2-16(21)20-6-5-13-3-4-15(7-14(13)10-20)22-11-12-8-17(18,19)9-12/h2-4,7,12H,1,5-6,8-11H2. The molecule has 1 aromatic carbocycles. The molecule has 1 aliphatic heterocycles. The second kappa shape index (κ2) is 5.71. The molecule has 0 atom stereocenters. The van der Waals surface area contributed by atoms with Crippen LogP contribution in [0.4, 0.5) is 8.78 Å². The Hall–Kier alpha value is -1.91. The van der Waals surface area contributed by atoms with Crippen molar-refractivity contribution in [3.63, 3.8) is 0 Å². The number of benzene rings is 1. The van der Waals surface area contributed by atoms with Crippen molar-refractivity contribution in [1.82, 2.24) is 4.90 Å². The van der Waals surface area contributed by atoms with Crippen LogP contribution in [0, 0.1) is 5.92 Å². The van der Waals surface area contributed by atoms with E-state index in [0.29, 0.717) is 25.4 Å². The van der Waals surface area contributed by atoms with Crippen molar-refractivity contribution in [3.8, 4) is 5.75 Å². The minimum Gasteiger partial charge on any atom is -0.493 e. The summed E-state index contributed by atoms with van der Waals surface area (Å²) in [6, 6.07) is 5.78. The number of fused-ring (bicyclic) bond motifs is 1. The van der Waals surface area contributed by atoms with Gasteiger partial charge in [-0.1, -0.05) is 12.6 Å². The van der Waals surface area contributed by atoms with Crippen LogP contribution < -0.4 is 4.74 Å². The molecule has 1 amide bonds. The molecule has 0 unspecified atom stereocenters. The van der Waals surface area contributed by atoms with Crippen LogP contribution in [0.15, 0.2) is 30.9 Å². The van der Waals surface area contributed by atoms with Gasteiger partial charge >= 0.3 is 0 Å². The molecule has 1 heterocycles. The van der Waals surface area contributed by atoms with Crippen LogP contribution >= 0.6 is 0 Å². The van der Waals surface area contributed by atoms with Crippen LogP contribution in [0.2, 0.25) is 0 Å². The molecule has 3 rings (SSSR count). The van der Waals surface area contributed by atoms with Crippen LogP contribution in [0.25, 0.3) is 0 Å². The molecule has 0 spiro atoms. The largest absolute Gasteiger partial charge is 0.493 e. The van der Waals surface area contributed by atoms with E-state index < -0.39 is 5.92 Å². The summed E-state index contributed by atoms with van der Waals surface area (Å²) in [5.74, 6) is -1.96. The van der Waals surface area contributed by atoms with Crippen molar-refractivity contribution in [3.05, 3.63) is 42.0 Å². The summed E-state index contributed by atoms with van der Waals surface area (Å²) in [5, 5.41) is 0. The number of carbonyl (C=O) groups is 1. The van der Waals surface area contributed by atoms with Crippen molar-refractivity contribution in [2.24, 2.45) is 5.92 Å². The number of amides is 1. The zero-order valence-electron chi connectivity index (χ0n) is 12.4. The van der Waals surface area contributed by atoms with Gasteiger partial charge in [0.15, 0.2) is 0 Å². The maximum absolute atomic E-state index is 12.8. The molecule has 3 nitrogen and oxygen atoms in total. The number of nitrogens with zero attached hydrogens (tertiary/aromatic N) is 1. The van der Waals surface area contributed by atoms with Gasteiger partial charge in [0, 0.05) is 31.8 Å². The summed E-state index contributed by atoms with van der Waals surface area (Å²) in [5.41, 5.74) is 2.26. The van der Waals surface area contributed by atoms with Gasteiger partial charge in [-0.25, -0.2) is 8.78 Å². The van der Waals surface area contributed by atoms with Crippen molar-refractivity contribution in [2.45, 2.75) is 31.7 Å². The van der Waals surface area contributed by atoms with Crippen molar-refractivity contribution >= 4 is 5.91 Å². The van der Waals surface area contributed by atoms with Crippen molar-refractivity contribution < 1.29 is 18.3 Å². The normalized spacial score (nSPS) is 20.0. The fraction of sp³-hybridized carbons (Fsp3) is 0.471. The Morgan fingerprint density at radius 3 is 2.86 bits per heavy atom. The number of carbonyl (C=O) groups excluding carboxylic acids is 1. The van der Waals surface area contributed by atoms with Gasteiger partial charge in [0.2, 0.25) is 11.8 Å². The predicted octanol–water partition coefficient (Wildman–Crippen LogP) is 3.18. The highest BCUT2D eigenvalue weighted by Crippen LogP contribution is 2.42. The lowest BCUT2D eigenvalue weighted by Crippen LogP contribution is -2.38. The van der Waals surface area contributed by atoms with Crippen LogP contribution in [0.1, 0.15) is 24.0 Å². The molecular formula is C17H19F2NO2. The first-order valence-electron chi connectivity index (χ1n) is 7.50. The van der Waals surface area contributed by atoms with Crippen molar-refractivity contribution in [1.29, 1.82) is 0 Å². The molecule has 2 aliphatic rings.